The van der Waals surface area contributed by atoms with E-state index < -0.39 is 11.4 Å². The largest absolute Gasteiger partial charge is 0.384 e. The molecule has 1 fully saturated rings. The molecule has 9 N–H and O–H groups in total. The SMILES string of the molecule is N=C(N)c1ccc(CNC(=O)CNC(=O)[C@]2(Cc3ccc(C(=N)N)cc3)CCC(=O)N2)cc1. The number of nitrogens with two attached hydrogens (primary N) is 2. The predicted molar refractivity (Wildman–Crippen MR) is 124 cm³/mol. The summed E-state index contributed by atoms with van der Waals surface area (Å²) in [5.41, 5.74) is 12.6. The van der Waals surface area contributed by atoms with E-state index in [9.17, 15) is 14.4 Å². The summed E-state index contributed by atoms with van der Waals surface area (Å²) in [5, 5.41) is 23.0. The molecule has 0 aromatic heterocycles. The first kappa shape index (κ1) is 23.5. The zero-order chi connectivity index (χ0) is 24.0. The number of amides is 3. The molecule has 3 rings (SSSR count). The first-order chi connectivity index (χ1) is 15.7. The number of hydrogen-bond acceptors (Lipinski definition) is 5. The number of nitrogen functional groups attached to an aromatic ring is 2. The Labute approximate surface area is 191 Å². The van der Waals surface area contributed by atoms with Gasteiger partial charge in [-0.15, -0.1) is 0 Å². The van der Waals surface area contributed by atoms with Crippen molar-refractivity contribution in [1.82, 2.24) is 16.0 Å². The summed E-state index contributed by atoms with van der Waals surface area (Å²) < 4.78 is 0. The Morgan fingerprint density at radius 3 is 1.94 bits per heavy atom. The monoisotopic (exact) mass is 449 g/mol. The molecule has 10 heteroatoms. The molecular weight excluding hydrogens is 422 g/mol. The van der Waals surface area contributed by atoms with Crippen LogP contribution in [-0.2, 0) is 27.3 Å². The van der Waals surface area contributed by atoms with Gasteiger partial charge in [0, 0.05) is 30.5 Å². The topological polar surface area (TPSA) is 187 Å². The van der Waals surface area contributed by atoms with Gasteiger partial charge in [-0.3, -0.25) is 25.2 Å². The van der Waals surface area contributed by atoms with Crippen LogP contribution in [-0.4, -0.2) is 41.5 Å². The Hall–Kier alpha value is -4.21. The van der Waals surface area contributed by atoms with Gasteiger partial charge in [-0.1, -0.05) is 48.5 Å². The van der Waals surface area contributed by atoms with Crippen molar-refractivity contribution in [3.8, 4) is 0 Å². The maximum atomic E-state index is 13.0. The van der Waals surface area contributed by atoms with Crippen molar-refractivity contribution in [1.29, 1.82) is 10.8 Å². The zero-order valence-corrected chi connectivity index (χ0v) is 18.0. The van der Waals surface area contributed by atoms with Crippen LogP contribution in [0.3, 0.4) is 0 Å². The van der Waals surface area contributed by atoms with Crippen LogP contribution in [0.1, 0.15) is 35.1 Å². The van der Waals surface area contributed by atoms with Gasteiger partial charge in [-0.25, -0.2) is 0 Å². The first-order valence-corrected chi connectivity index (χ1v) is 10.4. The molecule has 3 amide bonds. The molecule has 172 valence electrons. The summed E-state index contributed by atoms with van der Waals surface area (Å²) in [7, 11) is 0. The lowest BCUT2D eigenvalue weighted by atomic mass is 9.88. The second-order valence-electron chi connectivity index (χ2n) is 7.99. The number of nitrogens with one attached hydrogen (secondary N) is 5. The Morgan fingerprint density at radius 1 is 0.909 bits per heavy atom. The van der Waals surface area contributed by atoms with Gasteiger partial charge in [0.1, 0.15) is 17.2 Å². The number of amidine groups is 2. The molecule has 1 saturated heterocycles. The molecule has 1 aliphatic rings. The number of carbonyl (C=O) groups is 3. The van der Waals surface area contributed by atoms with Crippen molar-refractivity contribution in [2.24, 2.45) is 11.5 Å². The molecule has 1 atom stereocenters. The van der Waals surface area contributed by atoms with E-state index in [0.29, 0.717) is 17.5 Å². The lowest BCUT2D eigenvalue weighted by molar-refractivity contribution is -0.131. The number of benzene rings is 2. The maximum Gasteiger partial charge on any atom is 0.246 e. The minimum atomic E-state index is -1.14. The minimum absolute atomic E-state index is 0.0315. The van der Waals surface area contributed by atoms with Crippen LogP contribution in [0.2, 0.25) is 0 Å². The fourth-order valence-electron chi connectivity index (χ4n) is 3.65. The zero-order valence-electron chi connectivity index (χ0n) is 18.0. The quantitative estimate of drug-likeness (QED) is 0.207. The van der Waals surface area contributed by atoms with Crippen LogP contribution in [0.4, 0.5) is 0 Å². The smallest absolute Gasteiger partial charge is 0.246 e. The van der Waals surface area contributed by atoms with Crippen molar-refractivity contribution < 1.29 is 14.4 Å². The molecule has 2 aromatic rings. The maximum absolute atomic E-state index is 13.0. The molecule has 0 bridgehead atoms. The Kier molecular flexibility index (Phi) is 7.07. The number of carbonyl (C=O) groups excluding carboxylic acids is 3. The van der Waals surface area contributed by atoms with Gasteiger partial charge in [0.05, 0.1) is 6.54 Å². The molecule has 0 radical (unpaired) electrons. The molecular formula is C23H27N7O3. The molecule has 33 heavy (non-hydrogen) atoms. The number of hydrogen-bond donors (Lipinski definition) is 7. The second-order valence-corrected chi connectivity index (χ2v) is 7.99. The Balaban J connectivity index is 1.57. The first-order valence-electron chi connectivity index (χ1n) is 10.4. The molecule has 0 unspecified atom stereocenters. The van der Waals surface area contributed by atoms with Gasteiger partial charge in [0.25, 0.3) is 0 Å². The van der Waals surface area contributed by atoms with E-state index in [1.807, 2.05) is 0 Å². The van der Waals surface area contributed by atoms with Gasteiger partial charge in [0.15, 0.2) is 0 Å². The third-order valence-electron chi connectivity index (χ3n) is 5.53. The molecule has 0 aliphatic carbocycles. The van der Waals surface area contributed by atoms with Crippen molar-refractivity contribution >= 4 is 29.4 Å². The molecule has 2 aromatic carbocycles. The summed E-state index contributed by atoms with van der Waals surface area (Å²) >= 11 is 0. The average molecular weight is 450 g/mol. The van der Waals surface area contributed by atoms with E-state index in [4.69, 9.17) is 22.3 Å². The van der Waals surface area contributed by atoms with Crippen molar-refractivity contribution in [3.63, 3.8) is 0 Å². The van der Waals surface area contributed by atoms with E-state index in [2.05, 4.69) is 16.0 Å². The van der Waals surface area contributed by atoms with E-state index in [-0.39, 0.29) is 49.4 Å². The van der Waals surface area contributed by atoms with Crippen LogP contribution < -0.4 is 27.4 Å². The second kappa shape index (κ2) is 9.94. The van der Waals surface area contributed by atoms with Gasteiger partial charge in [0.2, 0.25) is 17.7 Å². The van der Waals surface area contributed by atoms with Crippen molar-refractivity contribution in [2.45, 2.75) is 31.3 Å². The van der Waals surface area contributed by atoms with Gasteiger partial charge < -0.3 is 27.4 Å². The van der Waals surface area contributed by atoms with Gasteiger partial charge in [-0.05, 0) is 17.5 Å². The third-order valence-corrected chi connectivity index (χ3v) is 5.53. The fraction of sp³-hybridized carbons (Fsp3) is 0.261. The number of rotatable bonds is 9. The van der Waals surface area contributed by atoms with Crippen LogP contribution in [0.25, 0.3) is 0 Å². The third kappa shape index (κ3) is 5.94. The van der Waals surface area contributed by atoms with Crippen LogP contribution in [0.5, 0.6) is 0 Å². The Bertz CT molecular complexity index is 1080. The van der Waals surface area contributed by atoms with Crippen molar-refractivity contribution in [3.05, 3.63) is 70.8 Å². The fourth-order valence-corrected chi connectivity index (χ4v) is 3.65. The Morgan fingerprint density at radius 2 is 1.45 bits per heavy atom. The highest BCUT2D eigenvalue weighted by Gasteiger charge is 2.44. The normalized spacial score (nSPS) is 17.2. The molecule has 10 nitrogen and oxygen atoms in total. The summed E-state index contributed by atoms with van der Waals surface area (Å²) in [6, 6.07) is 13.8. The minimum Gasteiger partial charge on any atom is -0.384 e. The standard InChI is InChI=1S/C23H27N7O3/c24-20(25)16-5-1-14(2-6-16)11-23(10-9-18(31)30-23)22(33)29-13-19(32)28-12-15-3-7-17(8-4-15)21(26)27/h1-8H,9-13H2,(H3,24,25)(H3,26,27)(H,28,32)(H,29,33)(H,30,31)/t23-/m1/s1. The predicted octanol–water partition coefficient (Wildman–Crippen LogP) is -0.121. The van der Waals surface area contributed by atoms with Gasteiger partial charge >= 0.3 is 0 Å². The summed E-state index contributed by atoms with van der Waals surface area (Å²) in [6.07, 6.45) is 0.796. The van der Waals surface area contributed by atoms with Crippen LogP contribution in [0.15, 0.2) is 48.5 Å². The van der Waals surface area contributed by atoms with E-state index in [1.54, 1.807) is 48.5 Å². The highest BCUT2D eigenvalue weighted by Crippen LogP contribution is 2.25. The lowest BCUT2D eigenvalue weighted by Gasteiger charge is -2.28. The highest BCUT2D eigenvalue weighted by molar-refractivity contribution is 5.97. The molecule has 1 heterocycles. The molecule has 0 spiro atoms. The lowest BCUT2D eigenvalue weighted by Crippen LogP contribution is -2.57. The van der Waals surface area contributed by atoms with Crippen LogP contribution >= 0.6 is 0 Å². The summed E-state index contributed by atoms with van der Waals surface area (Å²) in [6.45, 7) is 0.0303. The average Bonchev–Trinajstić information content (AvgIpc) is 3.18. The summed E-state index contributed by atoms with van der Waals surface area (Å²) in [5.74, 6) is -1.10. The molecule has 1 aliphatic heterocycles. The van der Waals surface area contributed by atoms with Crippen molar-refractivity contribution in [2.75, 3.05) is 6.54 Å². The highest BCUT2D eigenvalue weighted by atomic mass is 16.2. The van der Waals surface area contributed by atoms with E-state index in [0.717, 1.165) is 11.1 Å². The van der Waals surface area contributed by atoms with E-state index >= 15 is 0 Å². The van der Waals surface area contributed by atoms with E-state index in [1.165, 1.54) is 0 Å². The summed E-state index contributed by atoms with van der Waals surface area (Å²) in [4.78, 5) is 37.1. The van der Waals surface area contributed by atoms with Crippen LogP contribution in [0, 0.1) is 10.8 Å². The van der Waals surface area contributed by atoms with Gasteiger partial charge in [-0.2, -0.15) is 0 Å². The molecule has 0 saturated carbocycles.